The number of hydrogen-bond donors (Lipinski definition) is 1. The van der Waals surface area contributed by atoms with Gasteiger partial charge >= 0.3 is 0 Å². The molecule has 1 aromatic rings. The van der Waals surface area contributed by atoms with E-state index >= 15 is 0 Å². The maximum atomic E-state index is 13.0. The third-order valence-corrected chi connectivity index (χ3v) is 3.65. The second-order valence-electron chi connectivity index (χ2n) is 2.91. The first kappa shape index (κ1) is 12.1. The van der Waals surface area contributed by atoms with Crippen molar-refractivity contribution in [2.75, 3.05) is 6.26 Å². The lowest BCUT2D eigenvalue weighted by atomic mass is 10.3. The Kier molecular flexibility index (Phi) is 2.85. The number of halogens is 1. The molecule has 0 saturated carbocycles. The van der Waals surface area contributed by atoms with Crippen molar-refractivity contribution >= 4 is 19.9 Å². The van der Waals surface area contributed by atoms with Crippen LogP contribution in [-0.2, 0) is 19.9 Å². The minimum absolute atomic E-state index is 0.440. The van der Waals surface area contributed by atoms with E-state index in [1.807, 2.05) is 0 Å². The monoisotopic (exact) mass is 253 g/mol. The van der Waals surface area contributed by atoms with Crippen LogP contribution in [0.15, 0.2) is 28.0 Å². The van der Waals surface area contributed by atoms with Crippen LogP contribution in [0.3, 0.4) is 0 Å². The molecule has 0 spiro atoms. The third kappa shape index (κ3) is 2.74. The summed E-state index contributed by atoms with van der Waals surface area (Å²) in [5.41, 5.74) is 0. The summed E-state index contributed by atoms with van der Waals surface area (Å²) in [6.07, 6.45) is 0.776. The van der Waals surface area contributed by atoms with Gasteiger partial charge in [0.05, 0.1) is 4.90 Å². The van der Waals surface area contributed by atoms with E-state index < -0.39 is 35.5 Å². The number of sulfone groups is 1. The summed E-state index contributed by atoms with van der Waals surface area (Å²) in [6.45, 7) is 0. The van der Waals surface area contributed by atoms with Gasteiger partial charge in [0.2, 0.25) is 10.0 Å². The SMILES string of the molecule is CS(=O)(=O)c1cc(S(N)(=O)=O)ccc1F. The van der Waals surface area contributed by atoms with Gasteiger partial charge in [-0.1, -0.05) is 0 Å². The van der Waals surface area contributed by atoms with Crippen molar-refractivity contribution < 1.29 is 21.2 Å². The van der Waals surface area contributed by atoms with E-state index in [2.05, 4.69) is 0 Å². The molecule has 0 amide bonds. The zero-order chi connectivity index (χ0) is 11.9. The molecule has 1 rings (SSSR count). The molecule has 0 atom stereocenters. The summed E-state index contributed by atoms with van der Waals surface area (Å²) in [4.78, 5) is -1.13. The molecule has 0 radical (unpaired) electrons. The van der Waals surface area contributed by atoms with Crippen LogP contribution in [0.1, 0.15) is 0 Å². The van der Waals surface area contributed by atoms with Crippen molar-refractivity contribution in [2.24, 2.45) is 5.14 Å². The molecule has 0 bridgehead atoms. The Morgan fingerprint density at radius 2 is 1.73 bits per heavy atom. The number of sulfonamides is 1. The smallest absolute Gasteiger partial charge is 0.225 e. The topological polar surface area (TPSA) is 94.3 Å². The fraction of sp³-hybridized carbons (Fsp3) is 0.143. The van der Waals surface area contributed by atoms with Gasteiger partial charge in [-0.2, -0.15) is 0 Å². The fourth-order valence-corrected chi connectivity index (χ4v) is 2.32. The van der Waals surface area contributed by atoms with E-state index in [4.69, 9.17) is 5.14 Å². The average Bonchev–Trinajstić information content (AvgIpc) is 2.00. The largest absolute Gasteiger partial charge is 0.238 e. The zero-order valence-corrected chi connectivity index (χ0v) is 9.27. The van der Waals surface area contributed by atoms with Gasteiger partial charge in [0, 0.05) is 6.26 Å². The summed E-state index contributed by atoms with van der Waals surface area (Å²) >= 11 is 0. The Hall–Kier alpha value is -0.990. The summed E-state index contributed by atoms with van der Waals surface area (Å²) in [5.74, 6) is -1.01. The van der Waals surface area contributed by atoms with Gasteiger partial charge in [0.1, 0.15) is 10.7 Å². The van der Waals surface area contributed by atoms with E-state index in [0.29, 0.717) is 6.07 Å². The molecular formula is C7H8FNO4S2. The van der Waals surface area contributed by atoms with E-state index in [1.54, 1.807) is 0 Å². The van der Waals surface area contributed by atoms with Crippen molar-refractivity contribution in [3.63, 3.8) is 0 Å². The van der Waals surface area contributed by atoms with Gasteiger partial charge in [0.15, 0.2) is 9.84 Å². The molecule has 0 aliphatic heterocycles. The molecule has 0 fully saturated rings. The molecule has 15 heavy (non-hydrogen) atoms. The molecule has 0 aliphatic carbocycles. The average molecular weight is 253 g/mol. The highest BCUT2D eigenvalue weighted by Crippen LogP contribution is 2.18. The predicted octanol–water partition coefficient (Wildman–Crippen LogP) is -0.123. The lowest BCUT2D eigenvalue weighted by molar-refractivity contribution is 0.568. The number of primary sulfonamides is 1. The maximum absolute atomic E-state index is 13.0. The van der Waals surface area contributed by atoms with E-state index in [1.165, 1.54) is 0 Å². The Morgan fingerprint density at radius 1 is 1.20 bits per heavy atom. The van der Waals surface area contributed by atoms with E-state index in [0.717, 1.165) is 18.4 Å². The first-order valence-corrected chi connectivity index (χ1v) is 7.08. The van der Waals surface area contributed by atoms with Crippen LogP contribution >= 0.6 is 0 Å². The summed E-state index contributed by atoms with van der Waals surface area (Å²) in [7, 11) is -7.84. The van der Waals surface area contributed by atoms with Crippen LogP contribution in [0.2, 0.25) is 0 Å². The van der Waals surface area contributed by atoms with Crippen LogP contribution in [-0.4, -0.2) is 23.1 Å². The number of rotatable bonds is 2. The molecule has 0 aromatic heterocycles. The second-order valence-corrected chi connectivity index (χ2v) is 6.45. The first-order valence-electron chi connectivity index (χ1n) is 3.65. The van der Waals surface area contributed by atoms with Gasteiger partial charge in [-0.3, -0.25) is 0 Å². The minimum atomic E-state index is -4.03. The second kappa shape index (κ2) is 3.54. The highest BCUT2D eigenvalue weighted by atomic mass is 32.2. The van der Waals surface area contributed by atoms with Crippen molar-refractivity contribution in [3.8, 4) is 0 Å². The minimum Gasteiger partial charge on any atom is -0.225 e. The standard InChI is InChI=1S/C7H8FNO4S2/c1-14(10,11)7-4-5(15(9,12)13)2-3-6(7)8/h2-4H,1H3,(H2,9,12,13). The summed E-state index contributed by atoms with van der Waals surface area (Å²) < 4.78 is 56.9. The number of benzene rings is 1. The molecule has 0 saturated heterocycles. The van der Waals surface area contributed by atoms with Crippen molar-refractivity contribution in [1.29, 1.82) is 0 Å². The molecule has 0 unspecified atom stereocenters. The quantitative estimate of drug-likeness (QED) is 0.794. The molecule has 0 aliphatic rings. The first-order chi connectivity index (χ1) is 6.62. The number of hydrogen-bond acceptors (Lipinski definition) is 4. The van der Waals surface area contributed by atoms with E-state index in [-0.39, 0.29) is 0 Å². The Bertz CT molecular complexity index is 591. The maximum Gasteiger partial charge on any atom is 0.238 e. The zero-order valence-electron chi connectivity index (χ0n) is 7.64. The third-order valence-electron chi connectivity index (χ3n) is 1.63. The van der Waals surface area contributed by atoms with Gasteiger partial charge in [-0.25, -0.2) is 26.4 Å². The van der Waals surface area contributed by atoms with Crippen molar-refractivity contribution in [3.05, 3.63) is 24.0 Å². The highest BCUT2D eigenvalue weighted by Gasteiger charge is 2.17. The van der Waals surface area contributed by atoms with E-state index in [9.17, 15) is 21.2 Å². The lowest BCUT2D eigenvalue weighted by Crippen LogP contribution is -2.13. The van der Waals surface area contributed by atoms with Gasteiger partial charge in [0.25, 0.3) is 0 Å². The van der Waals surface area contributed by atoms with Crippen LogP contribution in [0.25, 0.3) is 0 Å². The van der Waals surface area contributed by atoms with Crippen LogP contribution in [0.4, 0.5) is 4.39 Å². The number of nitrogens with two attached hydrogens (primary N) is 1. The van der Waals surface area contributed by atoms with Gasteiger partial charge < -0.3 is 0 Å². The fourth-order valence-electron chi connectivity index (χ4n) is 0.945. The van der Waals surface area contributed by atoms with Crippen LogP contribution in [0, 0.1) is 5.82 Å². The van der Waals surface area contributed by atoms with Crippen LogP contribution < -0.4 is 5.14 Å². The lowest BCUT2D eigenvalue weighted by Gasteiger charge is -2.03. The van der Waals surface area contributed by atoms with Gasteiger partial charge in [-0.15, -0.1) is 0 Å². The summed E-state index contributed by atoms with van der Waals surface area (Å²) in [6, 6.07) is 2.34. The summed E-state index contributed by atoms with van der Waals surface area (Å²) in [5, 5.41) is 4.77. The molecule has 84 valence electrons. The molecule has 5 nitrogen and oxygen atoms in total. The van der Waals surface area contributed by atoms with Crippen LogP contribution in [0.5, 0.6) is 0 Å². The molecular weight excluding hydrogens is 245 g/mol. The van der Waals surface area contributed by atoms with Crippen molar-refractivity contribution in [1.82, 2.24) is 0 Å². The molecule has 8 heteroatoms. The van der Waals surface area contributed by atoms with Crippen molar-refractivity contribution in [2.45, 2.75) is 9.79 Å². The highest BCUT2D eigenvalue weighted by molar-refractivity contribution is 7.91. The van der Waals surface area contributed by atoms with Gasteiger partial charge in [-0.05, 0) is 18.2 Å². The Balaban J connectivity index is 3.57. The normalized spacial score (nSPS) is 12.7. The molecule has 1 aromatic carbocycles. The molecule has 0 heterocycles. The molecule has 2 N–H and O–H groups in total. The Labute approximate surface area is 86.7 Å². The predicted molar refractivity (Wildman–Crippen MR) is 50.9 cm³/mol. The Morgan fingerprint density at radius 3 is 2.13 bits per heavy atom.